The Hall–Kier alpha value is 0.150. The van der Waals surface area contributed by atoms with Crippen LogP contribution >= 0.6 is 7.60 Å². The van der Waals surface area contributed by atoms with Gasteiger partial charge >= 0.3 is 0 Å². The summed E-state index contributed by atoms with van der Waals surface area (Å²) >= 11 is 0. The molecule has 4 heteroatoms. The first kappa shape index (κ1) is 12.2. The molecule has 0 atom stereocenters. The van der Waals surface area contributed by atoms with Crippen molar-refractivity contribution in [3.63, 3.8) is 0 Å². The lowest BCUT2D eigenvalue weighted by molar-refractivity contribution is -0.323. The van der Waals surface area contributed by atoms with Crippen molar-refractivity contribution in [2.24, 2.45) is 11.8 Å². The number of hydrogen-bond donors (Lipinski definition) is 0. The van der Waals surface area contributed by atoms with Crippen molar-refractivity contribution in [2.75, 3.05) is 0 Å². The third kappa shape index (κ3) is 1.90. The lowest BCUT2D eigenvalue weighted by Crippen LogP contribution is -2.45. The van der Waals surface area contributed by atoms with Gasteiger partial charge < -0.3 is 14.4 Å². The van der Waals surface area contributed by atoms with E-state index in [0.29, 0.717) is 0 Å². The molecule has 0 aliphatic carbocycles. The maximum absolute atomic E-state index is 11.0. The predicted molar refractivity (Wildman–Crippen MR) is 45.7 cm³/mol. The highest BCUT2D eigenvalue weighted by Gasteiger charge is 2.35. The zero-order valence-electron chi connectivity index (χ0n) is 8.33. The van der Waals surface area contributed by atoms with E-state index in [1.807, 2.05) is 0 Å². The van der Waals surface area contributed by atoms with Crippen LogP contribution in [0.25, 0.3) is 0 Å². The first-order valence-corrected chi connectivity index (χ1v) is 5.70. The van der Waals surface area contributed by atoms with Crippen molar-refractivity contribution >= 4 is 7.60 Å². The fourth-order valence-electron chi connectivity index (χ4n) is 1.30. The summed E-state index contributed by atoms with van der Waals surface area (Å²) < 4.78 is 11.0. The molecule has 0 saturated heterocycles. The highest BCUT2D eigenvalue weighted by Crippen LogP contribution is 2.51. The second kappa shape index (κ2) is 3.49. The van der Waals surface area contributed by atoms with Gasteiger partial charge in [0.1, 0.15) is 0 Å². The minimum atomic E-state index is -4.50. The summed E-state index contributed by atoms with van der Waals surface area (Å²) in [6, 6.07) is 0. The van der Waals surface area contributed by atoms with Crippen LogP contribution in [0.2, 0.25) is 0 Å². The Morgan fingerprint density at radius 1 is 1.08 bits per heavy atom. The zero-order valence-corrected chi connectivity index (χ0v) is 9.22. The Bertz CT molecular complexity index is 184. The molecule has 0 amide bonds. The van der Waals surface area contributed by atoms with Gasteiger partial charge in [0.15, 0.2) is 0 Å². The topological polar surface area (TPSA) is 63.2 Å². The van der Waals surface area contributed by atoms with E-state index in [1.54, 1.807) is 27.7 Å². The summed E-state index contributed by atoms with van der Waals surface area (Å²) in [5.74, 6) is -0.281. The molecule has 0 bridgehead atoms. The van der Waals surface area contributed by atoms with Gasteiger partial charge in [-0.15, -0.1) is 0 Å². The Kier molecular flexibility index (Phi) is 3.53. The molecule has 74 valence electrons. The summed E-state index contributed by atoms with van der Waals surface area (Å²) in [5.41, 5.74) is 0. The van der Waals surface area contributed by atoms with Crippen LogP contribution in [0.3, 0.4) is 0 Å². The average molecular weight is 192 g/mol. The molecular weight excluding hydrogens is 175 g/mol. The Morgan fingerprint density at radius 3 is 1.33 bits per heavy atom. The lowest BCUT2D eigenvalue weighted by atomic mass is 9.86. The third-order valence-electron chi connectivity index (χ3n) is 2.93. The molecule has 0 aromatic carbocycles. The van der Waals surface area contributed by atoms with Gasteiger partial charge in [0.05, 0.1) is 0 Å². The third-order valence-corrected chi connectivity index (χ3v) is 5.14. The minimum absolute atomic E-state index is 0.140. The zero-order chi connectivity index (χ0) is 10.2. The molecule has 0 unspecified atom stereocenters. The first-order chi connectivity index (χ1) is 5.14. The number of rotatable bonds is 3. The minimum Gasteiger partial charge on any atom is -0.810 e. The highest BCUT2D eigenvalue weighted by atomic mass is 31.2. The van der Waals surface area contributed by atoms with E-state index in [0.717, 1.165) is 0 Å². The van der Waals surface area contributed by atoms with Crippen LogP contribution in [0, 0.1) is 11.8 Å². The monoisotopic (exact) mass is 192 g/mol. The van der Waals surface area contributed by atoms with E-state index < -0.39 is 12.8 Å². The Morgan fingerprint density at radius 2 is 1.33 bits per heavy atom. The van der Waals surface area contributed by atoms with Crippen LogP contribution in [0.15, 0.2) is 0 Å². The second-order valence-electron chi connectivity index (χ2n) is 4.03. The van der Waals surface area contributed by atoms with E-state index in [1.165, 1.54) is 6.92 Å². The maximum atomic E-state index is 11.0. The van der Waals surface area contributed by atoms with Crippen molar-refractivity contribution in [1.29, 1.82) is 0 Å². The molecule has 3 nitrogen and oxygen atoms in total. The summed E-state index contributed by atoms with van der Waals surface area (Å²) in [7, 11) is -4.50. The van der Waals surface area contributed by atoms with Crippen LogP contribution < -0.4 is 9.79 Å². The molecule has 0 spiro atoms. The smallest absolute Gasteiger partial charge is 0.000199 e. The Labute approximate surface area is 74.3 Å². The maximum Gasteiger partial charge on any atom is -0.000199 e. The van der Waals surface area contributed by atoms with E-state index in [4.69, 9.17) is 0 Å². The van der Waals surface area contributed by atoms with Crippen molar-refractivity contribution in [2.45, 2.75) is 39.8 Å². The standard InChI is InChI=1S/C8H19O3P/c1-6(2)8(5,7(3)4)12(9,10)11/h6-7H,1-5H3,(H2,9,10,11)/p-2. The molecule has 0 aromatic heterocycles. The normalized spacial score (nSPS) is 14.4. The molecule has 0 heterocycles. The van der Waals surface area contributed by atoms with Crippen LogP contribution in [0.4, 0.5) is 0 Å². The molecule has 0 rings (SSSR count). The van der Waals surface area contributed by atoms with Crippen molar-refractivity contribution in [3.8, 4) is 0 Å². The summed E-state index contributed by atoms with van der Waals surface area (Å²) in [4.78, 5) is 22.0. The van der Waals surface area contributed by atoms with E-state index in [-0.39, 0.29) is 11.8 Å². The average Bonchev–Trinajstić information content (AvgIpc) is 1.82. The van der Waals surface area contributed by atoms with Crippen LogP contribution in [-0.4, -0.2) is 5.16 Å². The van der Waals surface area contributed by atoms with Crippen molar-refractivity contribution in [3.05, 3.63) is 0 Å². The predicted octanol–water partition coefficient (Wildman–Crippen LogP) is 0.971. The molecule has 0 aromatic rings. The SMILES string of the molecule is CC(C)C(C)(C(C)C)P(=O)([O-])[O-]. The molecule has 12 heavy (non-hydrogen) atoms. The fraction of sp³-hybridized carbons (Fsp3) is 1.00. The van der Waals surface area contributed by atoms with Gasteiger partial charge in [-0.2, -0.15) is 0 Å². The van der Waals surface area contributed by atoms with Gasteiger partial charge in [0, 0.05) is 0 Å². The first-order valence-electron chi connectivity index (χ1n) is 4.16. The largest absolute Gasteiger partial charge is 0.810 e. The second-order valence-corrected chi connectivity index (χ2v) is 5.99. The van der Waals surface area contributed by atoms with Gasteiger partial charge in [-0.1, -0.05) is 42.2 Å². The van der Waals surface area contributed by atoms with E-state index in [2.05, 4.69) is 0 Å². The van der Waals surface area contributed by atoms with Gasteiger partial charge in [-0.25, -0.2) is 0 Å². The molecular formula is C8H17O3P-2. The van der Waals surface area contributed by atoms with E-state index in [9.17, 15) is 14.4 Å². The quantitative estimate of drug-likeness (QED) is 0.626. The van der Waals surface area contributed by atoms with Gasteiger partial charge in [0.2, 0.25) is 0 Å². The van der Waals surface area contributed by atoms with Crippen LogP contribution in [0.5, 0.6) is 0 Å². The van der Waals surface area contributed by atoms with E-state index >= 15 is 0 Å². The lowest BCUT2D eigenvalue weighted by Gasteiger charge is -2.53. The summed E-state index contributed by atoms with van der Waals surface area (Å²) in [6.07, 6.45) is 0. The number of hydrogen-bond acceptors (Lipinski definition) is 3. The molecule has 0 radical (unpaired) electrons. The van der Waals surface area contributed by atoms with Crippen molar-refractivity contribution < 1.29 is 14.4 Å². The fourth-order valence-corrected chi connectivity index (χ4v) is 2.56. The molecule has 0 N–H and O–H groups in total. The van der Waals surface area contributed by atoms with Crippen LogP contribution in [0.1, 0.15) is 34.6 Å². The van der Waals surface area contributed by atoms with Gasteiger partial charge in [0.25, 0.3) is 0 Å². The molecule has 0 saturated carbocycles. The Balaban J connectivity index is 5.03. The highest BCUT2D eigenvalue weighted by molar-refractivity contribution is 7.50. The van der Waals surface area contributed by atoms with Gasteiger partial charge in [-0.05, 0) is 17.0 Å². The van der Waals surface area contributed by atoms with Gasteiger partial charge in [-0.3, -0.25) is 0 Å². The van der Waals surface area contributed by atoms with Crippen LogP contribution in [-0.2, 0) is 4.57 Å². The molecule has 0 fully saturated rings. The van der Waals surface area contributed by atoms with Crippen molar-refractivity contribution in [1.82, 2.24) is 0 Å². The summed E-state index contributed by atoms with van der Waals surface area (Å²) in [5, 5.41) is -1.12. The molecule has 0 aliphatic rings. The summed E-state index contributed by atoms with van der Waals surface area (Å²) in [6.45, 7) is 8.60. The molecule has 0 aliphatic heterocycles.